The van der Waals surface area contributed by atoms with Crippen LogP contribution < -0.4 is 10.1 Å². The number of rotatable bonds is 3. The van der Waals surface area contributed by atoms with Gasteiger partial charge in [0.15, 0.2) is 6.10 Å². The van der Waals surface area contributed by atoms with Crippen molar-refractivity contribution in [1.29, 1.82) is 0 Å². The van der Waals surface area contributed by atoms with E-state index in [1.807, 2.05) is 48.7 Å². The van der Waals surface area contributed by atoms with Crippen LogP contribution in [0.5, 0.6) is 5.75 Å². The average molecular weight is 273 g/mol. The maximum absolute atomic E-state index is 12.2. The Bertz CT molecular complexity index is 555. The number of para-hydroxylation sites is 1. The van der Waals surface area contributed by atoms with E-state index in [-0.39, 0.29) is 11.9 Å². The molecule has 0 spiro atoms. The molecule has 0 saturated carbocycles. The second-order valence-corrected chi connectivity index (χ2v) is 5.64. The summed E-state index contributed by atoms with van der Waals surface area (Å²) in [5, 5.41) is 5.02. The van der Waals surface area contributed by atoms with Crippen LogP contribution >= 0.6 is 11.3 Å². The van der Waals surface area contributed by atoms with E-state index < -0.39 is 6.10 Å². The lowest BCUT2D eigenvalue weighted by atomic mass is 10.1. The SMILES string of the molecule is C[C@@H](NC(=O)[C@H]1Cc2ccccc2O1)c1cccs1. The number of amides is 1. The van der Waals surface area contributed by atoms with Gasteiger partial charge >= 0.3 is 0 Å². The Balaban J connectivity index is 1.64. The molecule has 98 valence electrons. The van der Waals surface area contributed by atoms with E-state index in [2.05, 4.69) is 5.32 Å². The lowest BCUT2D eigenvalue weighted by molar-refractivity contribution is -0.127. The van der Waals surface area contributed by atoms with Gasteiger partial charge in [0, 0.05) is 11.3 Å². The summed E-state index contributed by atoms with van der Waals surface area (Å²) in [7, 11) is 0. The lowest BCUT2D eigenvalue weighted by Crippen LogP contribution is -2.38. The van der Waals surface area contributed by atoms with Crippen LogP contribution in [0.2, 0.25) is 0 Å². The summed E-state index contributed by atoms with van der Waals surface area (Å²) in [5.41, 5.74) is 1.10. The number of nitrogens with one attached hydrogen (secondary N) is 1. The molecule has 1 N–H and O–H groups in total. The van der Waals surface area contributed by atoms with Crippen LogP contribution in [0.3, 0.4) is 0 Å². The molecule has 1 aromatic carbocycles. The van der Waals surface area contributed by atoms with E-state index >= 15 is 0 Å². The Morgan fingerprint density at radius 1 is 1.37 bits per heavy atom. The van der Waals surface area contributed by atoms with Crippen molar-refractivity contribution in [2.75, 3.05) is 0 Å². The fourth-order valence-corrected chi connectivity index (χ4v) is 2.98. The first-order chi connectivity index (χ1) is 9.24. The number of hydrogen-bond donors (Lipinski definition) is 1. The zero-order valence-corrected chi connectivity index (χ0v) is 11.4. The van der Waals surface area contributed by atoms with Crippen LogP contribution in [-0.2, 0) is 11.2 Å². The third kappa shape index (κ3) is 2.49. The van der Waals surface area contributed by atoms with Gasteiger partial charge in [-0.15, -0.1) is 11.3 Å². The van der Waals surface area contributed by atoms with E-state index in [9.17, 15) is 4.79 Å². The highest BCUT2D eigenvalue weighted by Crippen LogP contribution is 2.28. The predicted molar refractivity (Wildman–Crippen MR) is 75.4 cm³/mol. The molecule has 1 aromatic heterocycles. The molecular formula is C15H15NO2S. The summed E-state index contributed by atoms with van der Waals surface area (Å²) >= 11 is 1.65. The van der Waals surface area contributed by atoms with Crippen LogP contribution in [0.25, 0.3) is 0 Å². The highest BCUT2D eigenvalue weighted by Gasteiger charge is 2.29. The molecule has 2 heterocycles. The van der Waals surface area contributed by atoms with Gasteiger partial charge in [-0.2, -0.15) is 0 Å². The van der Waals surface area contributed by atoms with Crippen LogP contribution in [0, 0.1) is 0 Å². The standard InChI is InChI=1S/C15H15NO2S/c1-10(14-7-4-8-19-14)16-15(17)13-9-11-5-2-3-6-12(11)18-13/h2-8,10,13H,9H2,1H3,(H,16,17)/t10-,13-/m1/s1. The Morgan fingerprint density at radius 3 is 2.95 bits per heavy atom. The molecule has 0 unspecified atom stereocenters. The first-order valence-corrected chi connectivity index (χ1v) is 7.20. The normalized spacial score (nSPS) is 18.5. The minimum Gasteiger partial charge on any atom is -0.480 e. The summed E-state index contributed by atoms with van der Waals surface area (Å²) < 4.78 is 5.68. The van der Waals surface area contributed by atoms with Gasteiger partial charge in [0.1, 0.15) is 5.75 Å². The Hall–Kier alpha value is -1.81. The molecule has 2 aromatic rings. The molecule has 1 aliphatic rings. The molecule has 0 radical (unpaired) electrons. The molecule has 2 atom stereocenters. The van der Waals surface area contributed by atoms with E-state index in [1.165, 1.54) is 0 Å². The first kappa shape index (κ1) is 12.2. The lowest BCUT2D eigenvalue weighted by Gasteiger charge is -2.16. The molecule has 0 bridgehead atoms. The largest absolute Gasteiger partial charge is 0.480 e. The van der Waals surface area contributed by atoms with Gasteiger partial charge in [-0.05, 0) is 30.0 Å². The van der Waals surface area contributed by atoms with Gasteiger partial charge in [-0.3, -0.25) is 4.79 Å². The number of carbonyl (C=O) groups is 1. The molecule has 4 heteroatoms. The van der Waals surface area contributed by atoms with Crippen molar-refractivity contribution >= 4 is 17.2 Å². The maximum Gasteiger partial charge on any atom is 0.261 e. The second kappa shape index (κ2) is 5.05. The van der Waals surface area contributed by atoms with Gasteiger partial charge in [0.25, 0.3) is 5.91 Å². The predicted octanol–water partition coefficient (Wildman–Crippen LogP) is 2.93. The fraction of sp³-hybridized carbons (Fsp3) is 0.267. The third-order valence-electron chi connectivity index (χ3n) is 3.27. The molecule has 0 fully saturated rings. The van der Waals surface area contributed by atoms with Crippen LogP contribution in [0.1, 0.15) is 23.4 Å². The molecule has 3 rings (SSSR count). The van der Waals surface area contributed by atoms with Crippen LogP contribution in [-0.4, -0.2) is 12.0 Å². The molecular weight excluding hydrogens is 258 g/mol. The summed E-state index contributed by atoms with van der Waals surface area (Å²) in [6.45, 7) is 1.99. The zero-order valence-electron chi connectivity index (χ0n) is 10.6. The topological polar surface area (TPSA) is 38.3 Å². The van der Waals surface area contributed by atoms with Gasteiger partial charge < -0.3 is 10.1 Å². The van der Waals surface area contributed by atoms with E-state index in [0.29, 0.717) is 6.42 Å². The summed E-state index contributed by atoms with van der Waals surface area (Å²) in [4.78, 5) is 13.3. The number of fused-ring (bicyclic) bond motifs is 1. The summed E-state index contributed by atoms with van der Waals surface area (Å²) in [5.74, 6) is 0.781. The smallest absolute Gasteiger partial charge is 0.261 e. The van der Waals surface area contributed by atoms with Crippen molar-refractivity contribution in [3.63, 3.8) is 0 Å². The molecule has 3 nitrogen and oxygen atoms in total. The number of benzene rings is 1. The fourth-order valence-electron chi connectivity index (χ4n) is 2.24. The van der Waals surface area contributed by atoms with Crippen LogP contribution in [0.4, 0.5) is 0 Å². The first-order valence-electron chi connectivity index (χ1n) is 6.32. The monoisotopic (exact) mass is 273 g/mol. The summed E-state index contributed by atoms with van der Waals surface area (Å²) in [6, 6.07) is 11.9. The van der Waals surface area contributed by atoms with Gasteiger partial charge in [-0.25, -0.2) is 0 Å². The minimum absolute atomic E-state index is 0.0276. The van der Waals surface area contributed by atoms with Crippen LogP contribution in [0.15, 0.2) is 41.8 Å². The summed E-state index contributed by atoms with van der Waals surface area (Å²) in [6.07, 6.45) is 0.249. The Labute approximate surface area is 116 Å². The van der Waals surface area contributed by atoms with Gasteiger partial charge in [0.05, 0.1) is 6.04 Å². The number of carbonyl (C=O) groups excluding carboxylic acids is 1. The quantitative estimate of drug-likeness (QED) is 0.933. The van der Waals surface area contributed by atoms with Crippen molar-refractivity contribution < 1.29 is 9.53 Å². The number of ether oxygens (including phenoxy) is 1. The Morgan fingerprint density at radius 2 is 2.21 bits per heavy atom. The molecule has 0 saturated heterocycles. The highest BCUT2D eigenvalue weighted by molar-refractivity contribution is 7.10. The van der Waals surface area contributed by atoms with Crippen molar-refractivity contribution in [2.45, 2.75) is 25.5 Å². The molecule has 0 aliphatic carbocycles. The third-order valence-corrected chi connectivity index (χ3v) is 4.32. The van der Waals surface area contributed by atoms with E-state index in [4.69, 9.17) is 4.74 Å². The zero-order chi connectivity index (χ0) is 13.2. The van der Waals surface area contributed by atoms with Crippen molar-refractivity contribution in [3.8, 4) is 5.75 Å². The number of thiophene rings is 1. The maximum atomic E-state index is 12.2. The Kier molecular flexibility index (Phi) is 3.25. The molecule has 1 amide bonds. The van der Waals surface area contributed by atoms with Gasteiger partial charge in [0.2, 0.25) is 0 Å². The highest BCUT2D eigenvalue weighted by atomic mass is 32.1. The molecule has 1 aliphatic heterocycles. The molecule has 19 heavy (non-hydrogen) atoms. The van der Waals surface area contributed by atoms with Crippen molar-refractivity contribution in [1.82, 2.24) is 5.32 Å². The minimum atomic E-state index is -0.403. The van der Waals surface area contributed by atoms with Crippen molar-refractivity contribution in [3.05, 3.63) is 52.2 Å². The second-order valence-electron chi connectivity index (χ2n) is 4.66. The van der Waals surface area contributed by atoms with Crippen molar-refractivity contribution in [2.24, 2.45) is 0 Å². The van der Waals surface area contributed by atoms with Gasteiger partial charge in [-0.1, -0.05) is 24.3 Å². The van der Waals surface area contributed by atoms with E-state index in [0.717, 1.165) is 16.2 Å². The average Bonchev–Trinajstić information content (AvgIpc) is 3.07. The number of hydrogen-bond acceptors (Lipinski definition) is 3. The van der Waals surface area contributed by atoms with E-state index in [1.54, 1.807) is 11.3 Å².